The minimum absolute atomic E-state index is 0.0204. The average Bonchev–Trinajstić information content (AvgIpc) is 3.35. The van der Waals surface area contributed by atoms with Crippen LogP contribution in [0.25, 0.3) is 0 Å². The van der Waals surface area contributed by atoms with Gasteiger partial charge < -0.3 is 34.8 Å². The lowest BCUT2D eigenvalue weighted by Gasteiger charge is -2.50. The Hall–Kier alpha value is -3.67. The number of ether oxygens (including phenoxy) is 2. The summed E-state index contributed by atoms with van der Waals surface area (Å²) in [6, 6.07) is 8.63. The van der Waals surface area contributed by atoms with Gasteiger partial charge in [0.2, 0.25) is 23.6 Å². The summed E-state index contributed by atoms with van der Waals surface area (Å²) in [7, 11) is 1.51. The third-order valence-electron chi connectivity index (χ3n) is 10.3. The maximum absolute atomic E-state index is 14.1. The fraction of sp³-hybridized carbons (Fsp3) is 0.686. The second kappa shape index (κ2) is 13.1. The van der Waals surface area contributed by atoms with E-state index in [1.165, 1.54) is 7.05 Å². The van der Waals surface area contributed by atoms with E-state index in [2.05, 4.69) is 24.5 Å². The van der Waals surface area contributed by atoms with Gasteiger partial charge in [0, 0.05) is 57.6 Å². The van der Waals surface area contributed by atoms with Crippen LogP contribution >= 0.6 is 0 Å². The van der Waals surface area contributed by atoms with E-state index in [9.17, 15) is 24.0 Å². The highest BCUT2D eigenvalue weighted by Crippen LogP contribution is 2.54. The Labute approximate surface area is 277 Å². The van der Waals surface area contributed by atoms with E-state index < -0.39 is 41.1 Å². The van der Waals surface area contributed by atoms with Gasteiger partial charge in [-0.15, -0.1) is 0 Å². The molecule has 0 aromatic heterocycles. The van der Waals surface area contributed by atoms with Crippen LogP contribution in [0.5, 0.6) is 0 Å². The zero-order chi connectivity index (χ0) is 34.3. The first-order chi connectivity index (χ1) is 22.0. The van der Waals surface area contributed by atoms with Crippen molar-refractivity contribution < 1.29 is 33.4 Å². The van der Waals surface area contributed by atoms with Gasteiger partial charge in [0.05, 0.1) is 24.5 Å². The van der Waals surface area contributed by atoms with Gasteiger partial charge in [-0.1, -0.05) is 44.2 Å². The number of amides is 5. The Morgan fingerprint density at radius 2 is 1.57 bits per heavy atom. The molecule has 3 heterocycles. The normalized spacial score (nSPS) is 25.5. The molecule has 2 N–H and O–H groups in total. The van der Waals surface area contributed by atoms with Crippen LogP contribution in [0.2, 0.25) is 0 Å². The monoisotopic (exact) mass is 653 g/mol. The Bertz CT molecular complexity index is 1370. The molecule has 5 amide bonds. The number of likely N-dealkylation sites (tertiary alicyclic amines) is 3. The fourth-order valence-electron chi connectivity index (χ4n) is 7.21. The molecule has 4 fully saturated rings. The Morgan fingerprint density at radius 3 is 2.17 bits per heavy atom. The van der Waals surface area contributed by atoms with Crippen LogP contribution in [0.1, 0.15) is 59.9 Å². The molecule has 258 valence electrons. The van der Waals surface area contributed by atoms with Crippen LogP contribution in [0.15, 0.2) is 30.3 Å². The van der Waals surface area contributed by atoms with Crippen molar-refractivity contribution in [2.75, 3.05) is 46.3 Å². The van der Waals surface area contributed by atoms with Crippen molar-refractivity contribution in [2.45, 2.75) is 78.7 Å². The number of rotatable bonds is 9. The van der Waals surface area contributed by atoms with Gasteiger partial charge in [0.15, 0.2) is 0 Å². The van der Waals surface area contributed by atoms with Crippen molar-refractivity contribution >= 4 is 29.7 Å². The maximum Gasteiger partial charge on any atom is 0.410 e. The number of benzene rings is 1. The van der Waals surface area contributed by atoms with E-state index in [0.717, 1.165) is 12.0 Å². The number of nitrogens with one attached hydrogen (secondary N) is 2. The van der Waals surface area contributed by atoms with Gasteiger partial charge in [0.1, 0.15) is 11.6 Å². The molecule has 4 aliphatic rings. The molecule has 3 aliphatic heterocycles. The minimum atomic E-state index is -0.958. The molecule has 3 saturated heterocycles. The minimum Gasteiger partial charge on any atom is -0.444 e. The SMILES string of the molecule is CNC(=O)[C@@H](NC(=O)[C@@H]1CN(C(=O)C2CCN(C(=O)OC(C)(C)C)C2)CC12CN(C(=O)[C@H]1CC1(C)C)C2)[C@@H](C)OCc1ccccc1. The van der Waals surface area contributed by atoms with Gasteiger partial charge >= 0.3 is 6.09 Å². The quantitative estimate of drug-likeness (QED) is 0.418. The predicted octanol–water partition coefficient (Wildman–Crippen LogP) is 2.41. The first-order valence-corrected chi connectivity index (χ1v) is 16.8. The molecule has 1 aromatic rings. The lowest BCUT2D eigenvalue weighted by Crippen LogP contribution is -2.65. The first kappa shape index (κ1) is 34.7. The largest absolute Gasteiger partial charge is 0.444 e. The van der Waals surface area contributed by atoms with Crippen molar-refractivity contribution in [3.05, 3.63) is 35.9 Å². The molecule has 47 heavy (non-hydrogen) atoms. The van der Waals surface area contributed by atoms with Crippen LogP contribution < -0.4 is 10.6 Å². The van der Waals surface area contributed by atoms with E-state index in [0.29, 0.717) is 32.6 Å². The molecule has 5 atom stereocenters. The Kier molecular flexibility index (Phi) is 9.65. The molecule has 12 heteroatoms. The summed E-state index contributed by atoms with van der Waals surface area (Å²) < 4.78 is 11.5. The number of hydrogen-bond donors (Lipinski definition) is 2. The summed E-state index contributed by atoms with van der Waals surface area (Å²) in [5.74, 6) is -1.79. The maximum atomic E-state index is 14.1. The van der Waals surface area contributed by atoms with Crippen LogP contribution in [0.3, 0.4) is 0 Å². The predicted molar refractivity (Wildman–Crippen MR) is 174 cm³/mol. The second-order valence-corrected chi connectivity index (χ2v) is 15.6. The summed E-state index contributed by atoms with van der Waals surface area (Å²) in [4.78, 5) is 72.0. The summed E-state index contributed by atoms with van der Waals surface area (Å²) in [6.07, 6.45) is 0.273. The van der Waals surface area contributed by atoms with Crippen LogP contribution in [0, 0.1) is 28.6 Å². The number of likely N-dealkylation sites (N-methyl/N-ethyl adjacent to an activating group) is 1. The van der Waals surface area contributed by atoms with Crippen LogP contribution in [-0.2, 0) is 35.3 Å². The summed E-state index contributed by atoms with van der Waals surface area (Å²) in [6.45, 7) is 13.5. The van der Waals surface area contributed by atoms with Gasteiger partial charge in [-0.2, -0.15) is 0 Å². The molecule has 12 nitrogen and oxygen atoms in total. The molecule has 1 spiro atoms. The van der Waals surface area contributed by atoms with Crippen LogP contribution in [-0.4, -0.2) is 108 Å². The highest BCUT2D eigenvalue weighted by Gasteiger charge is 2.62. The third-order valence-corrected chi connectivity index (χ3v) is 10.3. The third kappa shape index (κ3) is 7.58. The Balaban J connectivity index is 1.29. The number of hydrogen-bond acceptors (Lipinski definition) is 7. The molecule has 1 aliphatic carbocycles. The average molecular weight is 654 g/mol. The first-order valence-electron chi connectivity index (χ1n) is 16.8. The van der Waals surface area contributed by atoms with Crippen LogP contribution in [0.4, 0.5) is 4.79 Å². The van der Waals surface area contributed by atoms with Gasteiger partial charge in [-0.05, 0) is 51.5 Å². The zero-order valence-electron chi connectivity index (χ0n) is 28.8. The summed E-state index contributed by atoms with van der Waals surface area (Å²) in [5.41, 5.74) is -0.339. The van der Waals surface area contributed by atoms with E-state index in [4.69, 9.17) is 9.47 Å². The summed E-state index contributed by atoms with van der Waals surface area (Å²) >= 11 is 0. The molecular weight excluding hydrogens is 602 g/mol. The highest BCUT2D eigenvalue weighted by atomic mass is 16.6. The lowest BCUT2D eigenvalue weighted by molar-refractivity contribution is -0.152. The zero-order valence-corrected chi connectivity index (χ0v) is 28.8. The topological polar surface area (TPSA) is 138 Å². The van der Waals surface area contributed by atoms with Crippen molar-refractivity contribution in [3.8, 4) is 0 Å². The van der Waals surface area contributed by atoms with E-state index in [-0.39, 0.29) is 54.7 Å². The van der Waals surface area contributed by atoms with Crippen molar-refractivity contribution in [1.29, 1.82) is 0 Å². The lowest BCUT2D eigenvalue weighted by atomic mass is 9.70. The van der Waals surface area contributed by atoms with E-state index in [1.807, 2.05) is 35.2 Å². The van der Waals surface area contributed by atoms with Gasteiger partial charge in [0.25, 0.3) is 0 Å². The molecule has 1 saturated carbocycles. The second-order valence-electron chi connectivity index (χ2n) is 15.6. The van der Waals surface area contributed by atoms with Gasteiger partial charge in [-0.3, -0.25) is 19.2 Å². The van der Waals surface area contributed by atoms with Crippen molar-refractivity contribution in [3.63, 3.8) is 0 Å². The number of carbonyl (C=O) groups excluding carboxylic acids is 5. The molecule has 0 radical (unpaired) electrons. The van der Waals surface area contributed by atoms with E-state index in [1.54, 1.807) is 37.5 Å². The highest BCUT2D eigenvalue weighted by molar-refractivity contribution is 5.91. The van der Waals surface area contributed by atoms with Crippen molar-refractivity contribution in [1.82, 2.24) is 25.3 Å². The molecule has 5 rings (SSSR count). The number of carbonyl (C=O) groups is 5. The molecule has 0 bridgehead atoms. The molecule has 1 unspecified atom stereocenters. The van der Waals surface area contributed by atoms with Gasteiger partial charge in [-0.25, -0.2) is 4.79 Å². The standard InChI is InChI=1S/C35H51N5O7/c1-22(46-18-23-11-9-8-10-12-23)27(29(42)36-7)37-28(41)26-17-39(19-35(26)20-40(21-35)31(44)25-15-34(25,5)6)30(43)24-13-14-38(16-24)32(45)47-33(2,3)4/h8-12,22,24-27H,13-21H2,1-7H3,(H,36,42)(H,37,41)/t22-,24?,25-,26+,27+/m1/s1. The Morgan fingerprint density at radius 1 is 0.936 bits per heavy atom. The van der Waals surface area contributed by atoms with E-state index >= 15 is 0 Å². The molecular formula is C35H51N5O7. The fourth-order valence-corrected chi connectivity index (χ4v) is 7.21. The molecule has 1 aromatic carbocycles. The summed E-state index contributed by atoms with van der Waals surface area (Å²) in [5, 5.41) is 5.58. The van der Waals surface area contributed by atoms with Crippen molar-refractivity contribution in [2.24, 2.45) is 28.6 Å². The number of nitrogens with zero attached hydrogens (tertiary/aromatic N) is 3. The smallest absolute Gasteiger partial charge is 0.410 e.